The third-order valence-electron chi connectivity index (χ3n) is 7.04. The highest BCUT2D eigenvalue weighted by Crippen LogP contribution is 2.39. The Labute approximate surface area is 229 Å². The Balaban J connectivity index is 1.18. The number of rotatable bonds is 6. The molecule has 0 unspecified atom stereocenters. The van der Waals surface area contributed by atoms with Crippen molar-refractivity contribution in [3.63, 3.8) is 0 Å². The lowest BCUT2D eigenvalue weighted by atomic mass is 10.0. The van der Waals surface area contributed by atoms with Crippen LogP contribution in [0.15, 0.2) is 46.9 Å². The normalized spacial score (nSPS) is 17.4. The van der Waals surface area contributed by atoms with Crippen molar-refractivity contribution in [1.82, 2.24) is 15.2 Å². The summed E-state index contributed by atoms with van der Waals surface area (Å²) in [7, 11) is 0. The van der Waals surface area contributed by atoms with Gasteiger partial charge in [-0.05, 0) is 75.5 Å². The summed E-state index contributed by atoms with van der Waals surface area (Å²) in [5.41, 5.74) is 4.44. The van der Waals surface area contributed by atoms with Crippen molar-refractivity contribution in [2.75, 3.05) is 26.2 Å². The average molecular weight is 557 g/mol. The van der Waals surface area contributed by atoms with E-state index in [2.05, 4.69) is 15.4 Å². The third-order valence-corrected chi connectivity index (χ3v) is 9.38. The predicted molar refractivity (Wildman–Crippen MR) is 150 cm³/mol. The molecule has 0 bridgehead atoms. The second-order valence-corrected chi connectivity index (χ2v) is 11.8. The summed E-state index contributed by atoms with van der Waals surface area (Å²) in [6.07, 6.45) is 4.57. The number of halogens is 1. The minimum atomic E-state index is -0.385. The molecule has 3 aromatic rings. The van der Waals surface area contributed by atoms with Crippen LogP contribution in [0.25, 0.3) is 10.4 Å². The van der Waals surface area contributed by atoms with Gasteiger partial charge in [-0.3, -0.25) is 9.59 Å². The van der Waals surface area contributed by atoms with Crippen LogP contribution in [0, 0.1) is 0 Å². The molecule has 2 N–H and O–H groups in total. The molecule has 0 spiro atoms. The number of thiophene rings is 2. The van der Waals surface area contributed by atoms with Crippen molar-refractivity contribution in [2.45, 2.75) is 38.6 Å². The molecule has 7 nitrogen and oxygen atoms in total. The fourth-order valence-electron chi connectivity index (χ4n) is 4.94. The Kier molecular flexibility index (Phi) is 7.95. The molecule has 0 saturated carbocycles. The van der Waals surface area contributed by atoms with Gasteiger partial charge < -0.3 is 14.9 Å². The topological polar surface area (TPSA) is 85.2 Å². The number of amides is 2. The zero-order chi connectivity index (χ0) is 25.9. The van der Waals surface area contributed by atoms with Gasteiger partial charge in [-0.2, -0.15) is 5.10 Å². The summed E-state index contributed by atoms with van der Waals surface area (Å²) in [5.74, 6) is -0.286. The first-order chi connectivity index (χ1) is 17.9. The molecule has 1 aromatic carbocycles. The number of carbonyl (C=O) groups is 2. The maximum Gasteiger partial charge on any atom is 0.281 e. The van der Waals surface area contributed by atoms with E-state index < -0.39 is 0 Å². The molecule has 2 aliphatic rings. The summed E-state index contributed by atoms with van der Waals surface area (Å²) < 4.78 is 0. The Morgan fingerprint density at radius 3 is 2.41 bits per heavy atom. The van der Waals surface area contributed by atoms with Gasteiger partial charge in [0.25, 0.3) is 11.8 Å². The van der Waals surface area contributed by atoms with Crippen LogP contribution >= 0.6 is 34.3 Å². The lowest BCUT2D eigenvalue weighted by molar-refractivity contribution is 0.0649. The average Bonchev–Trinajstić information content (AvgIpc) is 3.69. The Hall–Kier alpha value is -2.72. The number of hydrazone groups is 1. The molecule has 4 heterocycles. The summed E-state index contributed by atoms with van der Waals surface area (Å²) in [6.45, 7) is 5.60. The highest BCUT2D eigenvalue weighted by molar-refractivity contribution is 7.16. The minimum Gasteiger partial charge on any atom is -0.506 e. The number of nitrogens with one attached hydrogen (secondary N) is 1. The lowest BCUT2D eigenvalue weighted by Crippen LogP contribution is -2.45. The van der Waals surface area contributed by atoms with Gasteiger partial charge in [-0.1, -0.05) is 23.7 Å². The van der Waals surface area contributed by atoms with Gasteiger partial charge >= 0.3 is 0 Å². The summed E-state index contributed by atoms with van der Waals surface area (Å²) in [5, 5.41) is 17.3. The van der Waals surface area contributed by atoms with Crippen LogP contribution < -0.4 is 5.43 Å². The van der Waals surface area contributed by atoms with Gasteiger partial charge in [0.05, 0.1) is 25.9 Å². The molecular weight excluding hydrogens is 528 g/mol. The smallest absolute Gasteiger partial charge is 0.281 e. The molecule has 2 amide bonds. The van der Waals surface area contributed by atoms with Gasteiger partial charge in [0, 0.05) is 29.5 Å². The van der Waals surface area contributed by atoms with Crippen molar-refractivity contribution in [2.24, 2.45) is 5.10 Å². The van der Waals surface area contributed by atoms with Gasteiger partial charge in [0.1, 0.15) is 5.75 Å². The van der Waals surface area contributed by atoms with Crippen LogP contribution in [0.1, 0.15) is 57.5 Å². The number of carbonyl (C=O) groups excluding carboxylic acids is 2. The predicted octanol–water partition coefficient (Wildman–Crippen LogP) is 5.69. The number of likely N-dealkylation sites (tertiary alicyclic amines) is 2. The van der Waals surface area contributed by atoms with Gasteiger partial charge in [-0.25, -0.2) is 5.43 Å². The Bertz CT molecular complexity index is 1300. The molecule has 2 aliphatic heterocycles. The number of benzene rings is 1. The molecule has 0 atom stereocenters. The van der Waals surface area contributed by atoms with Crippen LogP contribution in [-0.4, -0.2) is 64.7 Å². The molecule has 37 heavy (non-hydrogen) atoms. The summed E-state index contributed by atoms with van der Waals surface area (Å²) >= 11 is 8.53. The van der Waals surface area contributed by atoms with Crippen molar-refractivity contribution in [1.29, 1.82) is 0 Å². The van der Waals surface area contributed by atoms with Gasteiger partial charge in [0.15, 0.2) is 0 Å². The molecule has 0 aliphatic carbocycles. The van der Waals surface area contributed by atoms with E-state index in [0.29, 0.717) is 37.0 Å². The highest BCUT2D eigenvalue weighted by atomic mass is 35.5. The van der Waals surface area contributed by atoms with Crippen LogP contribution in [-0.2, 0) is 0 Å². The van der Waals surface area contributed by atoms with E-state index in [1.54, 1.807) is 36.6 Å². The van der Waals surface area contributed by atoms with E-state index in [-0.39, 0.29) is 17.6 Å². The first-order valence-corrected chi connectivity index (χ1v) is 14.5. The largest absolute Gasteiger partial charge is 0.506 e. The van der Waals surface area contributed by atoms with Crippen LogP contribution in [0.2, 0.25) is 5.02 Å². The number of aromatic hydroxyl groups is 1. The molecule has 2 saturated heterocycles. The third kappa shape index (κ3) is 5.75. The summed E-state index contributed by atoms with van der Waals surface area (Å²) in [4.78, 5) is 31.9. The van der Waals surface area contributed by atoms with E-state index in [1.165, 1.54) is 48.6 Å². The molecule has 5 rings (SSSR count). The standard InChI is InChI=1S/C27H29ClN4O3S2/c1-17(21-16-36-25(24(21)33)18-4-6-19(28)7-5-18)29-30-26(34)22-8-9-23(37-22)27(35)32-14-10-20(11-15-32)31-12-2-3-13-31/h4-9,16,20,33H,2-3,10-15H2,1H3,(H,30,34)/b29-17+. The quantitative estimate of drug-likeness (QED) is 0.302. The number of nitrogens with zero attached hydrogens (tertiary/aromatic N) is 3. The Morgan fingerprint density at radius 2 is 1.70 bits per heavy atom. The number of hydrogen-bond donors (Lipinski definition) is 2. The molecule has 0 radical (unpaired) electrons. The molecular formula is C27H29ClN4O3S2. The zero-order valence-corrected chi connectivity index (χ0v) is 23.0. The van der Waals surface area contributed by atoms with Crippen LogP contribution in [0.5, 0.6) is 5.75 Å². The molecule has 10 heteroatoms. The second kappa shape index (κ2) is 11.3. The maximum absolute atomic E-state index is 13.0. The SMILES string of the molecule is C/C(=N\NC(=O)c1ccc(C(=O)N2CCC(N3CCCC3)CC2)s1)c1csc(-c2ccc(Cl)cc2)c1O. The van der Waals surface area contributed by atoms with Gasteiger partial charge in [-0.15, -0.1) is 22.7 Å². The Morgan fingerprint density at radius 1 is 1.03 bits per heavy atom. The van der Waals surface area contributed by atoms with E-state index in [4.69, 9.17) is 11.6 Å². The van der Waals surface area contributed by atoms with E-state index in [1.807, 2.05) is 17.0 Å². The first kappa shape index (κ1) is 25.9. The maximum atomic E-state index is 13.0. The fourth-order valence-corrected chi connectivity index (χ4v) is 6.94. The van der Waals surface area contributed by atoms with E-state index >= 15 is 0 Å². The molecule has 2 fully saturated rings. The highest BCUT2D eigenvalue weighted by Gasteiger charge is 2.29. The zero-order valence-electron chi connectivity index (χ0n) is 20.6. The molecule has 2 aromatic heterocycles. The van der Waals surface area contributed by atoms with Crippen molar-refractivity contribution in [3.05, 3.63) is 62.1 Å². The minimum absolute atomic E-state index is 0.0125. The first-order valence-electron chi connectivity index (χ1n) is 12.5. The molecule has 194 valence electrons. The monoisotopic (exact) mass is 556 g/mol. The van der Waals surface area contributed by atoms with Crippen LogP contribution in [0.3, 0.4) is 0 Å². The van der Waals surface area contributed by atoms with Crippen molar-refractivity contribution in [3.8, 4) is 16.2 Å². The number of hydrogen-bond acceptors (Lipinski definition) is 7. The van der Waals surface area contributed by atoms with Crippen molar-refractivity contribution < 1.29 is 14.7 Å². The van der Waals surface area contributed by atoms with E-state index in [0.717, 1.165) is 31.5 Å². The summed E-state index contributed by atoms with van der Waals surface area (Å²) in [6, 6.07) is 11.2. The number of piperidine rings is 1. The second-order valence-electron chi connectivity index (χ2n) is 9.40. The lowest BCUT2D eigenvalue weighted by Gasteiger charge is -2.36. The van der Waals surface area contributed by atoms with Gasteiger partial charge in [0.2, 0.25) is 0 Å². The van der Waals surface area contributed by atoms with Crippen molar-refractivity contribution >= 4 is 51.8 Å². The fraction of sp³-hybridized carbons (Fsp3) is 0.370. The van der Waals surface area contributed by atoms with E-state index in [9.17, 15) is 14.7 Å². The van der Waals surface area contributed by atoms with Crippen LogP contribution in [0.4, 0.5) is 0 Å².